The molecule has 0 aliphatic heterocycles. The zero-order chi connectivity index (χ0) is 11.3. The predicted molar refractivity (Wildman–Crippen MR) is 57.1 cm³/mol. The fourth-order valence-electron chi connectivity index (χ4n) is 1.15. The Morgan fingerprint density at radius 3 is 2.87 bits per heavy atom. The normalized spacial score (nSPS) is 12.5. The monoisotopic (exact) mass is 231 g/mol. The van der Waals surface area contributed by atoms with E-state index in [0.29, 0.717) is 29.8 Å². The van der Waals surface area contributed by atoms with E-state index >= 15 is 0 Å². The van der Waals surface area contributed by atoms with Crippen molar-refractivity contribution in [1.29, 1.82) is 0 Å². The minimum atomic E-state index is -0.132. The lowest BCUT2D eigenvalue weighted by atomic mass is 10.2. The second-order valence-corrected chi connectivity index (χ2v) is 3.48. The SMILES string of the molecule is COCC(N)Cc1nc(OC)ncc1Cl. The molecule has 84 valence electrons. The molecule has 6 heteroatoms. The molecule has 0 aromatic carbocycles. The standard InChI is InChI=1S/C9H14ClN3O2/c1-14-5-6(11)3-8-7(10)4-12-9(13-8)15-2/h4,6H,3,5,11H2,1-2H3. The van der Waals surface area contributed by atoms with Crippen LogP contribution in [0.3, 0.4) is 0 Å². The van der Waals surface area contributed by atoms with E-state index in [9.17, 15) is 0 Å². The van der Waals surface area contributed by atoms with Gasteiger partial charge in [0.15, 0.2) is 0 Å². The first-order valence-electron chi connectivity index (χ1n) is 4.47. The average molecular weight is 232 g/mol. The Morgan fingerprint density at radius 1 is 1.53 bits per heavy atom. The number of hydrogen-bond donors (Lipinski definition) is 1. The van der Waals surface area contributed by atoms with E-state index in [1.807, 2.05) is 0 Å². The molecule has 0 bridgehead atoms. The molecule has 1 rings (SSSR count). The highest BCUT2D eigenvalue weighted by atomic mass is 35.5. The Labute approximate surface area is 93.6 Å². The number of nitrogens with zero attached hydrogens (tertiary/aromatic N) is 2. The summed E-state index contributed by atoms with van der Waals surface area (Å²) >= 11 is 5.92. The van der Waals surface area contributed by atoms with Gasteiger partial charge in [-0.15, -0.1) is 0 Å². The molecule has 0 amide bonds. The lowest BCUT2D eigenvalue weighted by Gasteiger charge is -2.10. The van der Waals surface area contributed by atoms with Gasteiger partial charge in [-0.3, -0.25) is 0 Å². The predicted octanol–water partition coefficient (Wildman–Crippen LogP) is 0.655. The molecule has 2 N–H and O–H groups in total. The molecule has 5 nitrogen and oxygen atoms in total. The molecule has 1 aromatic rings. The minimum Gasteiger partial charge on any atom is -0.467 e. The molecular weight excluding hydrogens is 218 g/mol. The highest BCUT2D eigenvalue weighted by Gasteiger charge is 2.10. The number of methoxy groups -OCH3 is 2. The van der Waals surface area contributed by atoms with Crippen molar-refractivity contribution in [2.75, 3.05) is 20.8 Å². The van der Waals surface area contributed by atoms with Crippen molar-refractivity contribution in [3.8, 4) is 6.01 Å². The summed E-state index contributed by atoms with van der Waals surface area (Å²) < 4.78 is 9.83. The number of halogens is 1. The van der Waals surface area contributed by atoms with Crippen molar-refractivity contribution >= 4 is 11.6 Å². The van der Waals surface area contributed by atoms with Crippen molar-refractivity contribution in [3.05, 3.63) is 16.9 Å². The smallest absolute Gasteiger partial charge is 0.316 e. The van der Waals surface area contributed by atoms with E-state index in [1.54, 1.807) is 7.11 Å². The molecule has 1 unspecified atom stereocenters. The van der Waals surface area contributed by atoms with E-state index in [0.717, 1.165) is 0 Å². The fraction of sp³-hybridized carbons (Fsp3) is 0.556. The summed E-state index contributed by atoms with van der Waals surface area (Å²) in [5.41, 5.74) is 6.47. The first kappa shape index (κ1) is 12.2. The van der Waals surface area contributed by atoms with Gasteiger partial charge in [-0.2, -0.15) is 4.98 Å². The number of aromatic nitrogens is 2. The zero-order valence-corrected chi connectivity index (χ0v) is 9.49. The molecule has 1 aromatic heterocycles. The van der Waals surface area contributed by atoms with Crippen molar-refractivity contribution in [3.63, 3.8) is 0 Å². The number of hydrogen-bond acceptors (Lipinski definition) is 5. The van der Waals surface area contributed by atoms with Gasteiger partial charge in [0.1, 0.15) is 0 Å². The summed E-state index contributed by atoms with van der Waals surface area (Å²) in [5.74, 6) is 0. The van der Waals surface area contributed by atoms with Gasteiger partial charge < -0.3 is 15.2 Å². The summed E-state index contributed by atoms with van der Waals surface area (Å²) in [5, 5.41) is 0.488. The third kappa shape index (κ3) is 3.62. The van der Waals surface area contributed by atoms with Gasteiger partial charge in [-0.05, 0) is 0 Å². The molecule has 0 saturated carbocycles. The largest absolute Gasteiger partial charge is 0.467 e. The summed E-state index contributed by atoms with van der Waals surface area (Å²) in [4.78, 5) is 7.99. The van der Waals surface area contributed by atoms with Gasteiger partial charge in [0.05, 0.1) is 30.6 Å². The summed E-state index contributed by atoms with van der Waals surface area (Å²) in [7, 11) is 3.10. The highest BCUT2D eigenvalue weighted by Crippen LogP contribution is 2.16. The maximum atomic E-state index is 5.92. The maximum Gasteiger partial charge on any atom is 0.316 e. The van der Waals surface area contributed by atoms with Gasteiger partial charge in [-0.1, -0.05) is 11.6 Å². The van der Waals surface area contributed by atoms with Crippen LogP contribution in [0.25, 0.3) is 0 Å². The van der Waals surface area contributed by atoms with Gasteiger partial charge in [0, 0.05) is 19.6 Å². The van der Waals surface area contributed by atoms with Crippen molar-refractivity contribution < 1.29 is 9.47 Å². The molecule has 1 heterocycles. The third-order valence-electron chi connectivity index (χ3n) is 1.81. The molecule has 0 aliphatic rings. The van der Waals surface area contributed by atoms with Crippen LogP contribution >= 0.6 is 11.6 Å². The Balaban J connectivity index is 2.74. The topological polar surface area (TPSA) is 70.3 Å². The van der Waals surface area contributed by atoms with E-state index in [1.165, 1.54) is 13.3 Å². The van der Waals surface area contributed by atoms with Crippen molar-refractivity contribution in [2.45, 2.75) is 12.5 Å². The lowest BCUT2D eigenvalue weighted by molar-refractivity contribution is 0.179. The van der Waals surface area contributed by atoms with Crippen LogP contribution in [0.15, 0.2) is 6.20 Å². The van der Waals surface area contributed by atoms with E-state index in [4.69, 9.17) is 26.8 Å². The summed E-state index contributed by atoms with van der Waals surface area (Å²) in [6, 6.07) is 0.158. The van der Waals surface area contributed by atoms with Crippen LogP contribution in [0.1, 0.15) is 5.69 Å². The van der Waals surface area contributed by atoms with Crippen molar-refractivity contribution in [2.24, 2.45) is 5.73 Å². The molecule has 0 aliphatic carbocycles. The molecule has 0 spiro atoms. The molecule has 1 atom stereocenters. The Bertz CT molecular complexity index is 322. The van der Waals surface area contributed by atoms with Crippen LogP contribution < -0.4 is 10.5 Å². The Morgan fingerprint density at radius 2 is 2.27 bits per heavy atom. The van der Waals surface area contributed by atoms with E-state index < -0.39 is 0 Å². The second-order valence-electron chi connectivity index (χ2n) is 3.07. The molecular formula is C9H14ClN3O2. The first-order chi connectivity index (χ1) is 7.17. The molecule has 15 heavy (non-hydrogen) atoms. The second kappa shape index (κ2) is 5.85. The van der Waals surface area contributed by atoms with Crippen LogP contribution in [0, 0.1) is 0 Å². The Kier molecular flexibility index (Phi) is 4.74. The van der Waals surface area contributed by atoms with Gasteiger partial charge in [-0.25, -0.2) is 4.98 Å². The van der Waals surface area contributed by atoms with Gasteiger partial charge in [0.25, 0.3) is 0 Å². The molecule has 0 fully saturated rings. The van der Waals surface area contributed by atoms with Crippen molar-refractivity contribution in [1.82, 2.24) is 9.97 Å². The third-order valence-corrected chi connectivity index (χ3v) is 2.13. The quantitative estimate of drug-likeness (QED) is 0.806. The lowest BCUT2D eigenvalue weighted by Crippen LogP contribution is -2.28. The van der Waals surface area contributed by atoms with Crippen LogP contribution in [0.2, 0.25) is 5.02 Å². The van der Waals surface area contributed by atoms with Crippen LogP contribution in [0.4, 0.5) is 0 Å². The highest BCUT2D eigenvalue weighted by molar-refractivity contribution is 6.31. The zero-order valence-electron chi connectivity index (χ0n) is 8.74. The number of nitrogens with two attached hydrogens (primary N) is 1. The molecule has 0 saturated heterocycles. The maximum absolute atomic E-state index is 5.92. The fourth-order valence-corrected chi connectivity index (χ4v) is 1.32. The summed E-state index contributed by atoms with van der Waals surface area (Å²) in [6.45, 7) is 0.461. The van der Waals surface area contributed by atoms with E-state index in [2.05, 4.69) is 9.97 Å². The number of ether oxygens (including phenoxy) is 2. The van der Waals surface area contributed by atoms with Gasteiger partial charge >= 0.3 is 6.01 Å². The van der Waals surface area contributed by atoms with E-state index in [-0.39, 0.29) is 6.04 Å². The van der Waals surface area contributed by atoms with Gasteiger partial charge in [0.2, 0.25) is 0 Å². The first-order valence-corrected chi connectivity index (χ1v) is 4.85. The van der Waals surface area contributed by atoms with Crippen LogP contribution in [0.5, 0.6) is 6.01 Å². The molecule has 0 radical (unpaired) electrons. The van der Waals surface area contributed by atoms with Crippen LogP contribution in [-0.4, -0.2) is 36.8 Å². The van der Waals surface area contributed by atoms with Crippen LogP contribution in [-0.2, 0) is 11.2 Å². The minimum absolute atomic E-state index is 0.132. The summed E-state index contributed by atoms with van der Waals surface area (Å²) in [6.07, 6.45) is 2.04. The average Bonchev–Trinajstić information content (AvgIpc) is 2.21. The Hall–Kier alpha value is -0.910. The number of rotatable bonds is 5.